The van der Waals surface area contributed by atoms with Crippen molar-refractivity contribution < 1.29 is 24.5 Å². The number of fused-ring (bicyclic) bond motifs is 1. The third-order valence-corrected chi connectivity index (χ3v) is 5.05. The van der Waals surface area contributed by atoms with Gasteiger partial charge in [-0.2, -0.15) is 0 Å². The first-order valence-corrected chi connectivity index (χ1v) is 9.26. The summed E-state index contributed by atoms with van der Waals surface area (Å²) in [6.45, 7) is 1.88. The second kappa shape index (κ2) is 8.13. The van der Waals surface area contributed by atoms with Gasteiger partial charge in [0.15, 0.2) is 6.10 Å². The fraction of sp³-hybridized carbons (Fsp3) is 0.444. The number of methoxy groups -OCH3 is 1. The molecule has 2 N–H and O–H groups in total. The molecule has 0 aliphatic carbocycles. The minimum Gasteiger partial charge on any atom is -0.479 e. The molecular weight excluding hydrogens is 356 g/mol. The number of aliphatic hydroxyl groups excluding tert-OH is 2. The molecule has 0 fully saturated rings. The monoisotopic (exact) mass is 378 g/mol. The summed E-state index contributed by atoms with van der Waals surface area (Å²) in [5.41, 5.74) is 2.25. The lowest BCUT2D eigenvalue weighted by Gasteiger charge is -2.34. The predicted octanol–water partition coefficient (Wildman–Crippen LogP) is 1.47. The van der Waals surface area contributed by atoms with Gasteiger partial charge in [-0.1, -0.05) is 0 Å². The smallest absolute Gasteiger partial charge is 0.267 e. The van der Waals surface area contributed by atoms with Crippen molar-refractivity contribution in [1.82, 2.24) is 4.98 Å². The van der Waals surface area contributed by atoms with Gasteiger partial charge in [-0.3, -0.25) is 4.79 Å². The first-order valence-electron chi connectivity index (χ1n) is 8.38. The van der Waals surface area contributed by atoms with Crippen LogP contribution in [0, 0.1) is 0 Å². The molecule has 2 atom stereocenters. The van der Waals surface area contributed by atoms with E-state index in [1.807, 2.05) is 17.5 Å². The van der Waals surface area contributed by atoms with E-state index in [2.05, 4.69) is 4.98 Å². The molecule has 1 aliphatic rings. The molecule has 0 saturated heterocycles. The average Bonchev–Trinajstić information content (AvgIpc) is 3.12. The Bertz CT molecular complexity index is 779. The number of β-amino-alcohol motifs (C(OH)–C–C–N with tert-alkyl or cyclic N) is 1. The van der Waals surface area contributed by atoms with Crippen molar-refractivity contribution in [2.75, 3.05) is 31.8 Å². The summed E-state index contributed by atoms with van der Waals surface area (Å²) in [7, 11) is 1.66. The van der Waals surface area contributed by atoms with Gasteiger partial charge in [-0.05, 0) is 25.1 Å². The van der Waals surface area contributed by atoms with Crippen molar-refractivity contribution in [3.8, 4) is 17.0 Å². The van der Waals surface area contributed by atoms with Crippen LogP contribution >= 0.6 is 11.3 Å². The molecule has 2 aromatic rings. The number of ether oxygens (including phenoxy) is 2. The van der Waals surface area contributed by atoms with Gasteiger partial charge in [0.25, 0.3) is 5.91 Å². The molecule has 2 unspecified atom stereocenters. The fourth-order valence-corrected chi connectivity index (χ4v) is 3.56. The number of carbonyl (C=O) groups is 1. The highest BCUT2D eigenvalue weighted by Gasteiger charge is 2.33. The lowest BCUT2D eigenvalue weighted by atomic mass is 10.1. The van der Waals surface area contributed by atoms with Crippen LogP contribution in [0.4, 0.5) is 5.69 Å². The summed E-state index contributed by atoms with van der Waals surface area (Å²) in [6, 6.07) is 5.54. The van der Waals surface area contributed by atoms with Crippen LogP contribution < -0.4 is 9.64 Å². The van der Waals surface area contributed by atoms with Crippen LogP contribution in [0.25, 0.3) is 11.3 Å². The van der Waals surface area contributed by atoms with Crippen LogP contribution in [0.5, 0.6) is 5.75 Å². The van der Waals surface area contributed by atoms with Crippen molar-refractivity contribution >= 4 is 22.9 Å². The number of hydrogen-bond donors (Lipinski definition) is 2. The number of thiazole rings is 1. The van der Waals surface area contributed by atoms with Gasteiger partial charge in [0.05, 0.1) is 42.3 Å². The summed E-state index contributed by atoms with van der Waals surface area (Å²) in [5.74, 6) is 0.321. The average molecular weight is 378 g/mol. The zero-order valence-electron chi connectivity index (χ0n) is 14.7. The molecule has 0 saturated carbocycles. The second-order valence-electron chi connectivity index (χ2n) is 6.10. The van der Waals surface area contributed by atoms with Crippen molar-refractivity contribution in [3.05, 3.63) is 28.6 Å². The predicted molar refractivity (Wildman–Crippen MR) is 98.7 cm³/mol. The number of nitrogens with zero attached hydrogens (tertiary/aromatic N) is 2. The molecule has 7 nitrogen and oxygen atoms in total. The number of anilines is 1. The summed E-state index contributed by atoms with van der Waals surface area (Å²) < 4.78 is 10.7. The summed E-state index contributed by atoms with van der Waals surface area (Å²) in [5, 5.41) is 21.9. The highest BCUT2D eigenvalue weighted by atomic mass is 32.1. The van der Waals surface area contributed by atoms with Crippen LogP contribution in [-0.2, 0) is 16.0 Å². The molecule has 0 radical (unpaired) electrons. The van der Waals surface area contributed by atoms with Crippen molar-refractivity contribution in [2.24, 2.45) is 0 Å². The van der Waals surface area contributed by atoms with Crippen LogP contribution in [-0.4, -0.2) is 60.2 Å². The number of aromatic nitrogens is 1. The van der Waals surface area contributed by atoms with E-state index in [4.69, 9.17) is 14.6 Å². The fourth-order valence-electron chi connectivity index (χ4n) is 2.77. The van der Waals surface area contributed by atoms with Gasteiger partial charge in [-0.25, -0.2) is 4.98 Å². The lowest BCUT2D eigenvalue weighted by Crippen LogP contribution is -2.48. The Labute approximate surface area is 155 Å². The number of hydrogen-bond acceptors (Lipinski definition) is 7. The molecule has 26 heavy (non-hydrogen) atoms. The molecule has 1 amide bonds. The summed E-state index contributed by atoms with van der Waals surface area (Å²) in [6.07, 6.45) is -0.903. The number of benzene rings is 1. The van der Waals surface area contributed by atoms with Gasteiger partial charge < -0.3 is 24.6 Å². The maximum atomic E-state index is 12.5. The maximum Gasteiger partial charge on any atom is 0.267 e. The third kappa shape index (κ3) is 3.88. The first-order chi connectivity index (χ1) is 12.5. The largest absolute Gasteiger partial charge is 0.479 e. The van der Waals surface area contributed by atoms with Crippen molar-refractivity contribution in [2.45, 2.75) is 25.6 Å². The van der Waals surface area contributed by atoms with E-state index in [0.29, 0.717) is 18.0 Å². The highest BCUT2D eigenvalue weighted by molar-refractivity contribution is 7.09. The zero-order valence-corrected chi connectivity index (χ0v) is 15.5. The van der Waals surface area contributed by atoms with Crippen LogP contribution in [0.15, 0.2) is 23.6 Å². The molecule has 1 aliphatic heterocycles. The number of amides is 1. The van der Waals surface area contributed by atoms with E-state index in [-0.39, 0.29) is 12.5 Å². The molecule has 0 bridgehead atoms. The molecule has 3 rings (SSSR count). The Hall–Kier alpha value is -2.00. The van der Waals surface area contributed by atoms with Crippen LogP contribution in [0.2, 0.25) is 0 Å². The Morgan fingerprint density at radius 1 is 1.46 bits per heavy atom. The molecule has 2 heterocycles. The zero-order chi connectivity index (χ0) is 18.7. The quantitative estimate of drug-likeness (QED) is 0.758. The van der Waals surface area contributed by atoms with E-state index in [0.717, 1.165) is 22.7 Å². The van der Waals surface area contributed by atoms with Gasteiger partial charge in [0.2, 0.25) is 0 Å². The Balaban J connectivity index is 1.92. The normalized spacial score (nSPS) is 17.8. The number of aliphatic hydroxyl groups is 2. The van der Waals surface area contributed by atoms with Gasteiger partial charge in [0.1, 0.15) is 5.75 Å². The van der Waals surface area contributed by atoms with Gasteiger partial charge in [-0.15, -0.1) is 11.3 Å². The summed E-state index contributed by atoms with van der Waals surface area (Å²) >= 11 is 1.56. The van der Waals surface area contributed by atoms with E-state index >= 15 is 0 Å². The van der Waals surface area contributed by atoms with E-state index in [1.165, 1.54) is 4.90 Å². The Morgan fingerprint density at radius 2 is 2.27 bits per heavy atom. The Kier molecular flexibility index (Phi) is 5.87. The maximum absolute atomic E-state index is 12.5. The van der Waals surface area contributed by atoms with E-state index in [9.17, 15) is 9.90 Å². The SMILES string of the molecule is COCCc1nc(-c2ccc3c(c2)N(CC(O)CO)C(=O)C(C)O3)cs1. The minimum absolute atomic E-state index is 0.00956. The van der Waals surface area contributed by atoms with Gasteiger partial charge >= 0.3 is 0 Å². The number of rotatable bonds is 7. The van der Waals surface area contributed by atoms with Crippen molar-refractivity contribution in [1.29, 1.82) is 0 Å². The molecule has 1 aromatic heterocycles. The summed E-state index contributed by atoms with van der Waals surface area (Å²) in [4.78, 5) is 18.6. The minimum atomic E-state index is -1.01. The Morgan fingerprint density at radius 3 is 3.00 bits per heavy atom. The molecule has 1 aromatic carbocycles. The highest BCUT2D eigenvalue weighted by Crippen LogP contribution is 2.37. The first kappa shape index (κ1) is 18.8. The van der Waals surface area contributed by atoms with E-state index < -0.39 is 18.8 Å². The topological polar surface area (TPSA) is 92.1 Å². The molecular formula is C18H22N2O5S. The van der Waals surface area contributed by atoms with Crippen LogP contribution in [0.1, 0.15) is 11.9 Å². The van der Waals surface area contributed by atoms with Crippen molar-refractivity contribution in [3.63, 3.8) is 0 Å². The molecule has 0 spiro atoms. The van der Waals surface area contributed by atoms with Crippen LogP contribution in [0.3, 0.4) is 0 Å². The standard InChI is InChI=1S/C18H22N2O5S/c1-11-18(23)20(8-13(22)9-21)15-7-12(3-4-16(15)25-11)14-10-26-17(19-14)5-6-24-2/h3-4,7,10-11,13,21-22H,5-6,8-9H2,1-2H3. The number of carbonyl (C=O) groups excluding carboxylic acids is 1. The lowest BCUT2D eigenvalue weighted by molar-refractivity contribution is -0.126. The van der Waals surface area contributed by atoms with E-state index in [1.54, 1.807) is 31.4 Å². The third-order valence-electron chi connectivity index (χ3n) is 4.14. The molecule has 140 valence electrons. The second-order valence-corrected chi connectivity index (χ2v) is 7.04. The van der Waals surface area contributed by atoms with Gasteiger partial charge in [0, 0.05) is 24.5 Å². The molecule has 8 heteroatoms.